The first kappa shape index (κ1) is 12.8. The van der Waals surface area contributed by atoms with Crippen LogP contribution >= 0.6 is 11.6 Å². The summed E-state index contributed by atoms with van der Waals surface area (Å²) in [5.74, 6) is 0.652. The van der Waals surface area contributed by atoms with Crippen LogP contribution in [0.3, 0.4) is 0 Å². The van der Waals surface area contributed by atoms with Crippen LogP contribution in [0.4, 0.5) is 4.39 Å². The number of benzene rings is 1. The molecule has 1 atom stereocenters. The highest BCUT2D eigenvalue weighted by atomic mass is 35.5. The molecule has 0 aliphatic heterocycles. The normalized spacial score (nSPS) is 26.8. The number of aliphatic hydroxyl groups excluding tert-OH is 1. The third-order valence-corrected chi connectivity index (χ3v) is 4.12. The minimum absolute atomic E-state index is 0.258. The monoisotopic (exact) mass is 256 g/mol. The van der Waals surface area contributed by atoms with Crippen molar-refractivity contribution in [1.82, 2.24) is 0 Å². The van der Waals surface area contributed by atoms with Crippen LogP contribution in [0.15, 0.2) is 18.2 Å². The second-order valence-electron chi connectivity index (χ2n) is 5.13. The Kier molecular flexibility index (Phi) is 4.05. The highest BCUT2D eigenvalue weighted by molar-refractivity contribution is 6.31. The Morgan fingerprint density at radius 1 is 1.29 bits per heavy atom. The van der Waals surface area contributed by atoms with Crippen molar-refractivity contribution in [1.29, 1.82) is 0 Å². The predicted molar refractivity (Wildman–Crippen MR) is 67.5 cm³/mol. The summed E-state index contributed by atoms with van der Waals surface area (Å²) in [5, 5.41) is 10.6. The first-order chi connectivity index (χ1) is 8.08. The van der Waals surface area contributed by atoms with Gasteiger partial charge in [0, 0.05) is 5.02 Å². The summed E-state index contributed by atoms with van der Waals surface area (Å²) in [6.07, 6.45) is 3.79. The summed E-state index contributed by atoms with van der Waals surface area (Å²) in [4.78, 5) is 0. The lowest BCUT2D eigenvalue weighted by molar-refractivity contribution is 0.0756. The standard InChI is InChI=1S/C14H18ClFO/c1-9-2-4-10(5-3-9)14(17)12-7-6-11(16)8-13(12)15/h6-10,14,17H,2-5H2,1H3. The summed E-state index contributed by atoms with van der Waals surface area (Å²) in [6, 6.07) is 4.22. The number of halogens is 2. The number of hydrogen-bond donors (Lipinski definition) is 1. The maximum atomic E-state index is 12.9. The van der Waals surface area contributed by atoms with Gasteiger partial charge in [-0.05, 0) is 42.4 Å². The van der Waals surface area contributed by atoms with Gasteiger partial charge in [-0.3, -0.25) is 0 Å². The molecule has 1 nitrogen and oxygen atoms in total. The van der Waals surface area contributed by atoms with E-state index < -0.39 is 6.10 Å². The van der Waals surface area contributed by atoms with Gasteiger partial charge in [0.15, 0.2) is 0 Å². The van der Waals surface area contributed by atoms with Gasteiger partial charge in [-0.15, -0.1) is 0 Å². The molecule has 0 bridgehead atoms. The molecule has 1 unspecified atom stereocenters. The maximum absolute atomic E-state index is 12.9. The highest BCUT2D eigenvalue weighted by Crippen LogP contribution is 2.38. The molecule has 0 amide bonds. The molecule has 1 saturated carbocycles. The van der Waals surface area contributed by atoms with Gasteiger partial charge in [-0.1, -0.05) is 37.4 Å². The van der Waals surface area contributed by atoms with Crippen LogP contribution < -0.4 is 0 Å². The predicted octanol–water partition coefficient (Wildman–Crippen LogP) is 4.34. The molecule has 0 spiro atoms. The first-order valence-electron chi connectivity index (χ1n) is 6.21. The fourth-order valence-corrected chi connectivity index (χ4v) is 2.88. The van der Waals surface area contributed by atoms with E-state index in [0.717, 1.165) is 31.6 Å². The average Bonchev–Trinajstić information content (AvgIpc) is 2.29. The van der Waals surface area contributed by atoms with E-state index in [-0.39, 0.29) is 11.7 Å². The van der Waals surface area contributed by atoms with Gasteiger partial charge in [0.1, 0.15) is 5.82 Å². The molecule has 3 heteroatoms. The van der Waals surface area contributed by atoms with Crippen LogP contribution in [-0.2, 0) is 0 Å². The van der Waals surface area contributed by atoms with Crippen LogP contribution in [0, 0.1) is 17.7 Å². The summed E-state index contributed by atoms with van der Waals surface area (Å²) in [6.45, 7) is 2.24. The van der Waals surface area contributed by atoms with Crippen molar-refractivity contribution < 1.29 is 9.50 Å². The van der Waals surface area contributed by atoms with E-state index in [9.17, 15) is 9.50 Å². The van der Waals surface area contributed by atoms with Crippen molar-refractivity contribution in [3.05, 3.63) is 34.6 Å². The molecule has 1 aromatic rings. The summed E-state index contributed by atoms with van der Waals surface area (Å²) < 4.78 is 12.9. The van der Waals surface area contributed by atoms with Gasteiger partial charge >= 0.3 is 0 Å². The molecule has 0 heterocycles. The van der Waals surface area contributed by atoms with E-state index in [1.807, 2.05) is 0 Å². The SMILES string of the molecule is CC1CCC(C(O)c2ccc(F)cc2Cl)CC1. The summed E-state index contributed by atoms with van der Waals surface area (Å²) in [7, 11) is 0. The van der Waals surface area contributed by atoms with Crippen molar-refractivity contribution in [3.8, 4) is 0 Å². The van der Waals surface area contributed by atoms with Gasteiger partial charge in [-0.2, -0.15) is 0 Å². The van der Waals surface area contributed by atoms with Crippen LogP contribution in [0.1, 0.15) is 44.3 Å². The molecule has 1 aromatic carbocycles. The number of aliphatic hydroxyl groups is 1. The fraction of sp³-hybridized carbons (Fsp3) is 0.571. The third-order valence-electron chi connectivity index (χ3n) is 3.79. The van der Waals surface area contributed by atoms with Crippen molar-refractivity contribution in [2.24, 2.45) is 11.8 Å². The lowest BCUT2D eigenvalue weighted by Gasteiger charge is -2.30. The van der Waals surface area contributed by atoms with Crippen LogP contribution in [0.5, 0.6) is 0 Å². The Hall–Kier alpha value is -0.600. The largest absolute Gasteiger partial charge is 0.388 e. The second kappa shape index (κ2) is 5.36. The quantitative estimate of drug-likeness (QED) is 0.835. The van der Waals surface area contributed by atoms with Gasteiger partial charge in [0.05, 0.1) is 6.10 Å². The van der Waals surface area contributed by atoms with E-state index in [4.69, 9.17) is 11.6 Å². The van der Waals surface area contributed by atoms with Gasteiger partial charge in [0.2, 0.25) is 0 Å². The number of rotatable bonds is 2. The van der Waals surface area contributed by atoms with Gasteiger partial charge in [-0.25, -0.2) is 4.39 Å². The topological polar surface area (TPSA) is 20.2 Å². The van der Waals surface area contributed by atoms with Gasteiger partial charge < -0.3 is 5.11 Å². The van der Waals surface area contributed by atoms with E-state index in [2.05, 4.69) is 6.92 Å². The number of hydrogen-bond acceptors (Lipinski definition) is 1. The molecule has 17 heavy (non-hydrogen) atoms. The Bertz CT molecular complexity index is 386. The van der Waals surface area contributed by atoms with Crippen molar-refractivity contribution in [2.45, 2.75) is 38.7 Å². The lowest BCUT2D eigenvalue weighted by atomic mass is 9.78. The maximum Gasteiger partial charge on any atom is 0.124 e. The Balaban J connectivity index is 2.11. The molecular formula is C14H18ClFO. The van der Waals surface area contributed by atoms with Crippen molar-refractivity contribution in [2.75, 3.05) is 0 Å². The van der Waals surface area contributed by atoms with Crippen LogP contribution in [0.2, 0.25) is 5.02 Å². The van der Waals surface area contributed by atoms with Crippen molar-refractivity contribution >= 4 is 11.6 Å². The van der Waals surface area contributed by atoms with Gasteiger partial charge in [0.25, 0.3) is 0 Å². The molecule has 1 fully saturated rings. The van der Waals surface area contributed by atoms with Crippen molar-refractivity contribution in [3.63, 3.8) is 0 Å². The Morgan fingerprint density at radius 2 is 1.94 bits per heavy atom. The molecule has 0 aromatic heterocycles. The first-order valence-corrected chi connectivity index (χ1v) is 6.58. The van der Waals surface area contributed by atoms with E-state index in [1.165, 1.54) is 12.1 Å². The molecule has 94 valence electrons. The van der Waals surface area contributed by atoms with E-state index in [0.29, 0.717) is 10.6 Å². The molecule has 1 N–H and O–H groups in total. The zero-order valence-electron chi connectivity index (χ0n) is 10.00. The summed E-state index contributed by atoms with van der Waals surface area (Å²) in [5.41, 5.74) is 0.660. The zero-order chi connectivity index (χ0) is 12.4. The summed E-state index contributed by atoms with van der Waals surface area (Å²) >= 11 is 5.97. The molecule has 1 aliphatic rings. The van der Waals surface area contributed by atoms with Crippen LogP contribution in [0.25, 0.3) is 0 Å². The average molecular weight is 257 g/mol. The molecular weight excluding hydrogens is 239 g/mol. The molecule has 0 saturated heterocycles. The smallest absolute Gasteiger partial charge is 0.124 e. The third kappa shape index (κ3) is 2.99. The Labute approximate surface area is 107 Å². The minimum atomic E-state index is -0.560. The van der Waals surface area contributed by atoms with E-state index >= 15 is 0 Å². The molecule has 2 rings (SSSR count). The Morgan fingerprint density at radius 3 is 2.53 bits per heavy atom. The van der Waals surface area contributed by atoms with E-state index in [1.54, 1.807) is 6.07 Å². The molecule has 1 aliphatic carbocycles. The second-order valence-corrected chi connectivity index (χ2v) is 5.54. The fourth-order valence-electron chi connectivity index (χ4n) is 2.60. The zero-order valence-corrected chi connectivity index (χ0v) is 10.8. The van der Waals surface area contributed by atoms with Crippen LogP contribution in [-0.4, -0.2) is 5.11 Å². The lowest BCUT2D eigenvalue weighted by Crippen LogP contribution is -2.19. The molecule has 0 radical (unpaired) electrons. The highest BCUT2D eigenvalue weighted by Gasteiger charge is 2.26. The minimum Gasteiger partial charge on any atom is -0.388 e.